The van der Waals surface area contributed by atoms with Gasteiger partial charge in [-0.3, -0.25) is 15.0 Å². The average Bonchev–Trinajstić information content (AvgIpc) is 2.56. The molecule has 7 nitrogen and oxygen atoms in total. The quantitative estimate of drug-likeness (QED) is 0.370. The molecule has 0 fully saturated rings. The minimum atomic E-state index is -1.75. The van der Waals surface area contributed by atoms with E-state index in [4.69, 9.17) is 15.3 Å². The smallest absolute Gasteiger partial charge is 0.356 e. The molecule has 0 aliphatic carbocycles. The van der Waals surface area contributed by atoms with E-state index in [0.717, 1.165) is 22.4 Å². The number of aromatic nitrogens is 3. The maximum absolute atomic E-state index is 8.25. The van der Waals surface area contributed by atoms with Gasteiger partial charge in [-0.15, -0.1) is 0 Å². The van der Waals surface area contributed by atoms with Crippen LogP contribution in [0.5, 0.6) is 0 Å². The number of hydrogen-bond acceptors (Lipinski definition) is 6. The summed E-state index contributed by atoms with van der Waals surface area (Å²) in [5.74, 6) is 0. The summed E-state index contributed by atoms with van der Waals surface area (Å²) in [6.45, 7) is 0. The minimum Gasteiger partial charge on any atom is -0.356 e. The molecule has 0 radical (unpaired) electrons. The van der Waals surface area contributed by atoms with Crippen LogP contribution >= 0.6 is 0 Å². The Morgan fingerprint density at radius 3 is 1.87 bits per heavy atom. The first-order chi connectivity index (χ1) is 10.7. The third kappa shape index (κ3) is 5.59. The van der Waals surface area contributed by atoms with Crippen LogP contribution in [0.4, 0.5) is 0 Å². The Morgan fingerprint density at radius 2 is 1.35 bits per heavy atom. The summed E-state index contributed by atoms with van der Waals surface area (Å²) in [5.41, 5.74) is 4.07. The molecule has 23 heavy (non-hydrogen) atoms. The average molecular weight is 403 g/mol. The topological polar surface area (TPSA) is 105 Å². The molecule has 3 aromatic rings. The Balaban J connectivity index is 0.000000478. The van der Waals surface area contributed by atoms with Crippen molar-refractivity contribution in [3.8, 4) is 22.4 Å². The molecule has 0 N–H and O–H groups in total. The Labute approximate surface area is 147 Å². The second kappa shape index (κ2) is 9.42. The van der Waals surface area contributed by atoms with Crippen molar-refractivity contribution in [1.82, 2.24) is 15.0 Å². The van der Waals surface area contributed by atoms with Crippen molar-refractivity contribution in [1.29, 1.82) is 0 Å². The van der Waals surface area contributed by atoms with Crippen molar-refractivity contribution in [3.63, 3.8) is 0 Å². The minimum absolute atomic E-state index is 0. The summed E-state index contributed by atoms with van der Waals surface area (Å²) in [6.07, 6.45) is 8.99. The summed E-state index contributed by atoms with van der Waals surface area (Å²) >= 11 is 0. The second-order valence-electron chi connectivity index (χ2n) is 4.11. The zero-order chi connectivity index (χ0) is 15.8. The van der Waals surface area contributed by atoms with Crippen LogP contribution in [0.1, 0.15) is 0 Å². The Bertz CT molecular complexity index is 679. The monoisotopic (exact) mass is 402 g/mol. The van der Waals surface area contributed by atoms with Gasteiger partial charge in [-0.05, 0) is 24.3 Å². The molecule has 3 rings (SSSR count). The van der Waals surface area contributed by atoms with E-state index < -0.39 is 5.09 Å². The first-order valence-corrected chi connectivity index (χ1v) is 6.26. The molecule has 0 saturated heterocycles. The zero-order valence-electron chi connectivity index (χ0n) is 11.7. The van der Waals surface area contributed by atoms with E-state index in [9.17, 15) is 0 Å². The summed E-state index contributed by atoms with van der Waals surface area (Å²) < 4.78 is 0. The van der Waals surface area contributed by atoms with Crippen LogP contribution < -0.4 is 0 Å². The first kappa shape index (κ1) is 18.4. The number of rotatable bonds is 2. The van der Waals surface area contributed by atoms with Gasteiger partial charge in [0, 0.05) is 47.7 Å². The second-order valence-corrected chi connectivity index (χ2v) is 4.11. The van der Waals surface area contributed by atoms with E-state index in [1.165, 1.54) is 0 Å². The molecule has 120 valence electrons. The van der Waals surface area contributed by atoms with Crippen molar-refractivity contribution in [3.05, 3.63) is 82.7 Å². The number of pyridine rings is 3. The normalized spacial score (nSPS) is 9.04. The molecule has 0 aromatic carbocycles. The molecule has 0 saturated carbocycles. The van der Waals surface area contributed by atoms with Crippen molar-refractivity contribution >= 4 is 0 Å². The standard InChI is InChI=1S/C15H11N3.Ag.NO3/c1-4-12(10-16-7-1)14-6-3-9-18-15(14)13-5-2-8-17-11-13;;2-1(3)4/h1-11H;;/q;+1;-1. The number of hydrogen-bond donors (Lipinski definition) is 0. The van der Waals surface area contributed by atoms with Gasteiger partial charge < -0.3 is 15.3 Å². The maximum atomic E-state index is 8.25. The Kier molecular flexibility index (Phi) is 7.55. The van der Waals surface area contributed by atoms with Crippen molar-refractivity contribution in [2.45, 2.75) is 0 Å². The molecule has 0 unspecified atom stereocenters. The molecule has 0 bridgehead atoms. The molecule has 0 aliphatic heterocycles. The van der Waals surface area contributed by atoms with Gasteiger partial charge in [0.15, 0.2) is 0 Å². The van der Waals surface area contributed by atoms with E-state index in [1.807, 2.05) is 48.8 Å². The molecule has 0 amide bonds. The van der Waals surface area contributed by atoms with Crippen LogP contribution in [0.3, 0.4) is 0 Å². The Morgan fingerprint density at radius 1 is 0.826 bits per heavy atom. The molecular weight excluding hydrogens is 392 g/mol. The van der Waals surface area contributed by atoms with Gasteiger partial charge in [0.05, 0.1) is 10.8 Å². The van der Waals surface area contributed by atoms with Gasteiger partial charge in [-0.1, -0.05) is 12.1 Å². The van der Waals surface area contributed by atoms with Gasteiger partial charge >= 0.3 is 22.4 Å². The molecule has 3 heterocycles. The van der Waals surface area contributed by atoms with Gasteiger partial charge in [-0.2, -0.15) is 0 Å². The maximum Gasteiger partial charge on any atom is 1.00 e. The van der Waals surface area contributed by atoms with Crippen molar-refractivity contribution < 1.29 is 27.5 Å². The summed E-state index contributed by atoms with van der Waals surface area (Å²) in [5, 5.41) is 14.8. The predicted molar refractivity (Wildman–Crippen MR) is 81.1 cm³/mol. The van der Waals surface area contributed by atoms with Crippen LogP contribution in [0.15, 0.2) is 67.4 Å². The molecule has 3 aromatic heterocycles. The Hall–Kier alpha value is -2.61. The summed E-state index contributed by atoms with van der Waals surface area (Å²) in [7, 11) is 0. The van der Waals surface area contributed by atoms with Crippen LogP contribution in [-0.2, 0) is 22.4 Å². The van der Waals surface area contributed by atoms with Crippen molar-refractivity contribution in [2.24, 2.45) is 0 Å². The van der Waals surface area contributed by atoms with E-state index >= 15 is 0 Å². The van der Waals surface area contributed by atoms with Gasteiger partial charge in [0.1, 0.15) is 0 Å². The van der Waals surface area contributed by atoms with Crippen molar-refractivity contribution in [2.75, 3.05) is 0 Å². The molecule has 0 aliphatic rings. The largest absolute Gasteiger partial charge is 1.00 e. The third-order valence-electron chi connectivity index (χ3n) is 2.72. The molecule has 0 atom stereocenters. The van der Waals surface area contributed by atoms with Crippen LogP contribution in [0.25, 0.3) is 22.4 Å². The predicted octanol–water partition coefficient (Wildman–Crippen LogP) is 2.96. The zero-order valence-corrected chi connectivity index (χ0v) is 13.1. The molecular formula is C15H11AgN4O3. The van der Waals surface area contributed by atoms with E-state index in [1.54, 1.807) is 18.6 Å². The van der Waals surface area contributed by atoms with Crippen LogP contribution in [-0.4, -0.2) is 20.0 Å². The molecule has 8 heteroatoms. The third-order valence-corrected chi connectivity index (χ3v) is 2.72. The van der Waals surface area contributed by atoms with Gasteiger partial charge in [-0.25, -0.2) is 0 Å². The SMILES string of the molecule is O=[N+]([O-])[O-].[Ag+].c1cncc(-c2cccnc2-c2cccnc2)c1. The van der Waals surface area contributed by atoms with E-state index in [-0.39, 0.29) is 22.4 Å². The van der Waals surface area contributed by atoms with E-state index in [0.29, 0.717) is 0 Å². The fourth-order valence-corrected chi connectivity index (χ4v) is 1.89. The first-order valence-electron chi connectivity index (χ1n) is 6.26. The van der Waals surface area contributed by atoms with E-state index in [2.05, 4.69) is 15.0 Å². The summed E-state index contributed by atoms with van der Waals surface area (Å²) in [4.78, 5) is 21.0. The van der Waals surface area contributed by atoms with Crippen LogP contribution in [0.2, 0.25) is 0 Å². The van der Waals surface area contributed by atoms with Crippen LogP contribution in [0, 0.1) is 15.3 Å². The fraction of sp³-hybridized carbons (Fsp3) is 0. The van der Waals surface area contributed by atoms with Gasteiger partial charge in [0.2, 0.25) is 0 Å². The molecule has 0 spiro atoms. The van der Waals surface area contributed by atoms with Gasteiger partial charge in [0.25, 0.3) is 0 Å². The summed E-state index contributed by atoms with van der Waals surface area (Å²) in [6, 6.07) is 11.9. The fourth-order valence-electron chi connectivity index (χ4n) is 1.89. The number of nitrogens with zero attached hydrogens (tertiary/aromatic N) is 4.